The Balaban J connectivity index is 0.00000261. The molecule has 2 N–H and O–H groups in total. The second kappa shape index (κ2) is 10.9. The standard InChI is InChI=1S/C20H22ClN5.HI/c1-22-20(23-13-16-6-8-19(21)9-7-16)24-14-17-4-2-5-18(12-17)15-26-11-3-10-25-26;/h2-12H,13-15H2,1H3,(H2,22,23,24);1H. The zero-order chi connectivity index (χ0) is 18.2. The number of nitrogens with one attached hydrogen (secondary N) is 2. The zero-order valence-electron chi connectivity index (χ0n) is 15.1. The molecule has 0 bridgehead atoms. The van der Waals surface area contributed by atoms with E-state index in [-0.39, 0.29) is 24.0 Å². The number of benzene rings is 2. The Morgan fingerprint density at radius 2 is 1.70 bits per heavy atom. The smallest absolute Gasteiger partial charge is 0.191 e. The fourth-order valence-corrected chi connectivity index (χ4v) is 2.74. The highest BCUT2D eigenvalue weighted by Gasteiger charge is 2.01. The molecule has 0 aliphatic carbocycles. The van der Waals surface area contributed by atoms with Crippen LogP contribution in [0, 0.1) is 0 Å². The van der Waals surface area contributed by atoms with Gasteiger partial charge in [0.2, 0.25) is 0 Å². The van der Waals surface area contributed by atoms with Crippen LogP contribution in [-0.2, 0) is 19.6 Å². The van der Waals surface area contributed by atoms with Crippen molar-refractivity contribution in [2.45, 2.75) is 19.6 Å². The normalized spacial score (nSPS) is 11.0. The average molecular weight is 496 g/mol. The Bertz CT molecular complexity index is 847. The van der Waals surface area contributed by atoms with E-state index in [0.29, 0.717) is 13.1 Å². The number of hydrogen-bond acceptors (Lipinski definition) is 2. The summed E-state index contributed by atoms with van der Waals surface area (Å²) in [5.74, 6) is 0.762. The van der Waals surface area contributed by atoms with Gasteiger partial charge in [-0.05, 0) is 34.9 Å². The lowest BCUT2D eigenvalue weighted by Crippen LogP contribution is -2.36. The van der Waals surface area contributed by atoms with E-state index in [9.17, 15) is 0 Å². The molecule has 0 spiro atoms. The molecule has 0 atom stereocenters. The Labute approximate surface area is 181 Å². The lowest BCUT2D eigenvalue weighted by Gasteiger charge is -2.13. The number of guanidine groups is 1. The lowest BCUT2D eigenvalue weighted by atomic mass is 10.1. The minimum Gasteiger partial charge on any atom is -0.352 e. The van der Waals surface area contributed by atoms with E-state index in [4.69, 9.17) is 11.6 Å². The summed E-state index contributed by atoms with van der Waals surface area (Å²) in [5, 5.41) is 11.6. The number of nitrogens with zero attached hydrogens (tertiary/aromatic N) is 3. The van der Waals surface area contributed by atoms with Gasteiger partial charge in [0, 0.05) is 37.6 Å². The van der Waals surface area contributed by atoms with Gasteiger partial charge in [0.15, 0.2) is 5.96 Å². The van der Waals surface area contributed by atoms with E-state index in [1.807, 2.05) is 41.2 Å². The highest BCUT2D eigenvalue weighted by atomic mass is 127. The summed E-state index contributed by atoms with van der Waals surface area (Å²) in [7, 11) is 1.77. The van der Waals surface area contributed by atoms with Crippen LogP contribution in [0.25, 0.3) is 0 Å². The third-order valence-corrected chi connectivity index (χ3v) is 4.20. The first-order valence-electron chi connectivity index (χ1n) is 8.47. The molecule has 5 nitrogen and oxygen atoms in total. The van der Waals surface area contributed by atoms with Gasteiger partial charge in [-0.15, -0.1) is 24.0 Å². The summed E-state index contributed by atoms with van der Waals surface area (Å²) in [6.45, 7) is 2.16. The summed E-state index contributed by atoms with van der Waals surface area (Å²) in [5.41, 5.74) is 3.57. The first-order valence-corrected chi connectivity index (χ1v) is 8.85. The Kier molecular flexibility index (Phi) is 8.60. The molecule has 7 heteroatoms. The number of aliphatic imine (C=N–C) groups is 1. The summed E-state index contributed by atoms with van der Waals surface area (Å²) in [6.07, 6.45) is 3.76. The second-order valence-corrected chi connectivity index (χ2v) is 6.37. The molecule has 3 aromatic rings. The maximum absolute atomic E-state index is 5.91. The predicted molar refractivity (Wildman–Crippen MR) is 122 cm³/mol. The average Bonchev–Trinajstić information content (AvgIpc) is 3.16. The molecule has 0 aliphatic heterocycles. The fourth-order valence-electron chi connectivity index (χ4n) is 2.61. The molecule has 0 aliphatic rings. The third kappa shape index (κ3) is 6.88. The fraction of sp³-hybridized carbons (Fsp3) is 0.200. The van der Waals surface area contributed by atoms with E-state index in [0.717, 1.165) is 23.1 Å². The monoisotopic (exact) mass is 495 g/mol. The van der Waals surface area contributed by atoms with Gasteiger partial charge in [0.25, 0.3) is 0 Å². The highest BCUT2D eigenvalue weighted by Crippen LogP contribution is 2.09. The molecule has 0 saturated carbocycles. The van der Waals surface area contributed by atoms with Crippen molar-refractivity contribution in [3.8, 4) is 0 Å². The summed E-state index contributed by atoms with van der Waals surface area (Å²) < 4.78 is 1.92. The molecule has 1 aromatic heterocycles. The number of halogens is 2. The van der Waals surface area contributed by atoms with Crippen LogP contribution in [0.4, 0.5) is 0 Å². The van der Waals surface area contributed by atoms with E-state index < -0.39 is 0 Å². The molecule has 2 aromatic carbocycles. The zero-order valence-corrected chi connectivity index (χ0v) is 18.2. The van der Waals surface area contributed by atoms with Crippen molar-refractivity contribution < 1.29 is 0 Å². The number of aromatic nitrogens is 2. The van der Waals surface area contributed by atoms with E-state index in [2.05, 4.69) is 45.0 Å². The van der Waals surface area contributed by atoms with Gasteiger partial charge >= 0.3 is 0 Å². The van der Waals surface area contributed by atoms with Crippen molar-refractivity contribution >= 4 is 41.5 Å². The Morgan fingerprint density at radius 1 is 1.00 bits per heavy atom. The van der Waals surface area contributed by atoms with Gasteiger partial charge in [-0.3, -0.25) is 9.67 Å². The first-order chi connectivity index (χ1) is 12.7. The predicted octanol–water partition coefficient (Wildman–Crippen LogP) is 4.07. The van der Waals surface area contributed by atoms with Crippen molar-refractivity contribution in [3.63, 3.8) is 0 Å². The van der Waals surface area contributed by atoms with E-state index >= 15 is 0 Å². The van der Waals surface area contributed by atoms with Crippen LogP contribution >= 0.6 is 35.6 Å². The van der Waals surface area contributed by atoms with Crippen molar-refractivity contribution in [2.75, 3.05) is 7.05 Å². The van der Waals surface area contributed by atoms with Crippen molar-refractivity contribution in [1.82, 2.24) is 20.4 Å². The Hall–Kier alpha value is -2.06. The van der Waals surface area contributed by atoms with Crippen LogP contribution in [-0.4, -0.2) is 22.8 Å². The summed E-state index contributed by atoms with van der Waals surface area (Å²) >= 11 is 5.91. The maximum Gasteiger partial charge on any atom is 0.191 e. The third-order valence-electron chi connectivity index (χ3n) is 3.95. The van der Waals surface area contributed by atoms with Gasteiger partial charge in [-0.25, -0.2) is 0 Å². The minimum atomic E-state index is 0. The van der Waals surface area contributed by atoms with Crippen molar-refractivity contribution in [2.24, 2.45) is 4.99 Å². The molecule has 142 valence electrons. The molecule has 0 fully saturated rings. The molecule has 0 radical (unpaired) electrons. The largest absolute Gasteiger partial charge is 0.352 e. The Morgan fingerprint density at radius 3 is 2.37 bits per heavy atom. The first kappa shape index (κ1) is 21.2. The molecule has 0 amide bonds. The van der Waals surface area contributed by atoms with Gasteiger partial charge in [-0.2, -0.15) is 5.10 Å². The van der Waals surface area contributed by atoms with Gasteiger partial charge in [0.05, 0.1) is 6.54 Å². The molecule has 1 heterocycles. The molecule has 0 unspecified atom stereocenters. The molecule has 0 saturated heterocycles. The van der Waals surface area contributed by atoms with E-state index in [1.54, 1.807) is 13.2 Å². The van der Waals surface area contributed by atoms with Gasteiger partial charge in [-0.1, -0.05) is 48.0 Å². The van der Waals surface area contributed by atoms with Gasteiger partial charge < -0.3 is 10.6 Å². The molecular weight excluding hydrogens is 473 g/mol. The maximum atomic E-state index is 5.91. The summed E-state index contributed by atoms with van der Waals surface area (Å²) in [6, 6.07) is 18.2. The van der Waals surface area contributed by atoms with Crippen molar-refractivity contribution in [3.05, 3.63) is 88.7 Å². The van der Waals surface area contributed by atoms with Crippen LogP contribution in [0.1, 0.15) is 16.7 Å². The van der Waals surface area contributed by atoms with Crippen LogP contribution in [0.5, 0.6) is 0 Å². The number of rotatable bonds is 6. The number of hydrogen-bond donors (Lipinski definition) is 2. The minimum absolute atomic E-state index is 0. The highest BCUT2D eigenvalue weighted by molar-refractivity contribution is 14.0. The summed E-state index contributed by atoms with van der Waals surface area (Å²) in [4.78, 5) is 4.27. The van der Waals surface area contributed by atoms with Crippen LogP contribution in [0.15, 0.2) is 72.0 Å². The molecule has 27 heavy (non-hydrogen) atoms. The van der Waals surface area contributed by atoms with Gasteiger partial charge in [0.1, 0.15) is 0 Å². The second-order valence-electron chi connectivity index (χ2n) is 5.93. The van der Waals surface area contributed by atoms with Crippen LogP contribution in [0.2, 0.25) is 5.02 Å². The lowest BCUT2D eigenvalue weighted by molar-refractivity contribution is 0.685. The van der Waals surface area contributed by atoms with Crippen LogP contribution < -0.4 is 10.6 Å². The molecule has 3 rings (SSSR count). The SMILES string of the molecule is CN=C(NCc1ccc(Cl)cc1)NCc1cccc(Cn2cccn2)c1.I. The van der Waals surface area contributed by atoms with E-state index in [1.165, 1.54) is 11.1 Å². The molecular formula is C20H23ClIN5. The topological polar surface area (TPSA) is 54.2 Å². The quantitative estimate of drug-likeness (QED) is 0.308. The van der Waals surface area contributed by atoms with Crippen molar-refractivity contribution in [1.29, 1.82) is 0 Å². The van der Waals surface area contributed by atoms with Crippen LogP contribution in [0.3, 0.4) is 0 Å².